The van der Waals surface area contributed by atoms with Crippen molar-refractivity contribution in [3.05, 3.63) is 0 Å². The maximum absolute atomic E-state index is 10.9. The van der Waals surface area contributed by atoms with E-state index in [0.717, 1.165) is 12.8 Å². The zero-order valence-corrected chi connectivity index (χ0v) is 11.0. The number of carbonyl (C=O) groups is 2. The average Bonchev–Trinajstić information content (AvgIpc) is 2.21. The number of carboxylic acid groups (broad SMARTS) is 2. The summed E-state index contributed by atoms with van der Waals surface area (Å²) < 4.78 is 0. The third kappa shape index (κ3) is 8.91. The van der Waals surface area contributed by atoms with Crippen LogP contribution in [0.2, 0.25) is 0 Å². The molecule has 1 atom stereocenters. The smallest absolute Gasteiger partial charge is 0.307 e. The molecule has 1 unspecified atom stereocenters. The van der Waals surface area contributed by atoms with Crippen LogP contribution in [0.3, 0.4) is 0 Å². The molecule has 0 aromatic heterocycles. The highest BCUT2D eigenvalue weighted by Crippen LogP contribution is 2.26. The molecule has 0 saturated carbocycles. The molecule has 6 heteroatoms. The maximum Gasteiger partial charge on any atom is 0.307 e. The van der Waals surface area contributed by atoms with Crippen LogP contribution in [0.4, 0.5) is 0 Å². The van der Waals surface area contributed by atoms with Crippen molar-refractivity contribution < 1.29 is 19.8 Å². The minimum absolute atomic E-state index is 0.129. The Kier molecular flexibility index (Phi) is 9.62. The van der Waals surface area contributed by atoms with Gasteiger partial charge >= 0.3 is 11.9 Å². The predicted molar refractivity (Wildman–Crippen MR) is 67.8 cm³/mol. The van der Waals surface area contributed by atoms with Crippen LogP contribution in [0, 0.1) is 5.92 Å². The zero-order valence-electron chi connectivity index (χ0n) is 9.35. The lowest BCUT2D eigenvalue weighted by atomic mass is 10.1. The molecule has 0 rings (SSSR count). The minimum Gasteiger partial charge on any atom is -0.481 e. The van der Waals surface area contributed by atoms with Crippen LogP contribution in [0.1, 0.15) is 32.6 Å². The number of unbranched alkanes of at least 4 members (excludes halogenated alkanes) is 1. The molecule has 0 aromatic rings. The van der Waals surface area contributed by atoms with Gasteiger partial charge in [-0.25, -0.2) is 0 Å². The Morgan fingerprint density at radius 1 is 1.25 bits per heavy atom. The molecule has 94 valence electrons. The van der Waals surface area contributed by atoms with Crippen molar-refractivity contribution >= 4 is 33.5 Å². The number of rotatable bonds is 10. The molecular weight excluding hydrogens is 248 g/mol. The van der Waals surface area contributed by atoms with E-state index in [1.54, 1.807) is 0 Å². The molecule has 0 amide bonds. The van der Waals surface area contributed by atoms with Crippen LogP contribution in [0.5, 0.6) is 0 Å². The summed E-state index contributed by atoms with van der Waals surface area (Å²) in [5.41, 5.74) is 0. The van der Waals surface area contributed by atoms with Gasteiger partial charge in [0.2, 0.25) is 0 Å². The molecule has 0 bridgehead atoms. The molecule has 0 saturated heterocycles. The van der Waals surface area contributed by atoms with Gasteiger partial charge in [-0.05, 0) is 6.42 Å². The number of hydrogen-bond acceptors (Lipinski definition) is 4. The van der Waals surface area contributed by atoms with Gasteiger partial charge in [0.25, 0.3) is 0 Å². The number of aliphatic carboxylic acids is 2. The van der Waals surface area contributed by atoms with E-state index >= 15 is 0 Å². The molecule has 2 N–H and O–H groups in total. The van der Waals surface area contributed by atoms with Crippen LogP contribution in [0.15, 0.2) is 0 Å². The second-order valence-corrected chi connectivity index (χ2v) is 6.05. The fraction of sp³-hybridized carbons (Fsp3) is 0.800. The van der Waals surface area contributed by atoms with E-state index in [0.29, 0.717) is 17.9 Å². The molecular formula is C10H18O4S2. The van der Waals surface area contributed by atoms with E-state index in [2.05, 4.69) is 0 Å². The van der Waals surface area contributed by atoms with Crippen LogP contribution in [-0.4, -0.2) is 33.7 Å². The fourth-order valence-electron chi connectivity index (χ4n) is 1.05. The summed E-state index contributed by atoms with van der Waals surface area (Å²) in [6, 6.07) is 0. The second-order valence-electron chi connectivity index (χ2n) is 3.43. The Hall–Kier alpha value is -0.360. The van der Waals surface area contributed by atoms with Crippen molar-refractivity contribution in [2.24, 2.45) is 5.92 Å². The lowest BCUT2D eigenvalue weighted by Gasteiger charge is -2.10. The van der Waals surface area contributed by atoms with Gasteiger partial charge in [0.1, 0.15) is 0 Å². The SMILES string of the molecule is CCCCC(CSSCCC(=O)O)C(=O)O. The third-order valence-electron chi connectivity index (χ3n) is 2.01. The van der Waals surface area contributed by atoms with Crippen molar-refractivity contribution in [3.8, 4) is 0 Å². The Bertz CT molecular complexity index is 221. The molecule has 0 aliphatic heterocycles. The average molecular weight is 266 g/mol. The van der Waals surface area contributed by atoms with E-state index < -0.39 is 11.9 Å². The van der Waals surface area contributed by atoms with Crippen molar-refractivity contribution in [2.75, 3.05) is 11.5 Å². The van der Waals surface area contributed by atoms with Crippen LogP contribution >= 0.6 is 21.6 Å². The maximum atomic E-state index is 10.9. The summed E-state index contributed by atoms with van der Waals surface area (Å²) >= 11 is 0. The molecule has 4 nitrogen and oxygen atoms in total. The molecule has 0 aliphatic carbocycles. The molecule has 0 aliphatic rings. The van der Waals surface area contributed by atoms with Gasteiger partial charge in [0, 0.05) is 11.5 Å². The molecule has 0 spiro atoms. The van der Waals surface area contributed by atoms with E-state index in [4.69, 9.17) is 10.2 Å². The highest BCUT2D eigenvalue weighted by molar-refractivity contribution is 8.76. The summed E-state index contributed by atoms with van der Waals surface area (Å²) in [6.07, 6.45) is 2.76. The van der Waals surface area contributed by atoms with Gasteiger partial charge in [-0.15, -0.1) is 0 Å². The summed E-state index contributed by atoms with van der Waals surface area (Å²) in [5, 5.41) is 17.3. The molecule has 16 heavy (non-hydrogen) atoms. The largest absolute Gasteiger partial charge is 0.481 e. The van der Waals surface area contributed by atoms with Crippen LogP contribution < -0.4 is 0 Å². The summed E-state index contributed by atoms with van der Waals surface area (Å²) in [7, 11) is 2.89. The van der Waals surface area contributed by atoms with Crippen molar-refractivity contribution in [3.63, 3.8) is 0 Å². The Morgan fingerprint density at radius 2 is 1.94 bits per heavy atom. The second kappa shape index (κ2) is 9.84. The van der Waals surface area contributed by atoms with E-state index in [1.165, 1.54) is 21.6 Å². The molecule has 0 fully saturated rings. The monoisotopic (exact) mass is 266 g/mol. The standard InChI is InChI=1S/C10H18O4S2/c1-2-3-4-8(10(13)14)7-16-15-6-5-9(11)12/h8H,2-7H2,1H3,(H,11,12)(H,13,14). The predicted octanol–water partition coefficient (Wildman–Crippen LogP) is 2.73. The third-order valence-corrected chi connectivity index (χ3v) is 4.49. The Balaban J connectivity index is 3.60. The summed E-state index contributed by atoms with van der Waals surface area (Å²) in [4.78, 5) is 21.1. The van der Waals surface area contributed by atoms with Crippen LogP contribution in [-0.2, 0) is 9.59 Å². The Morgan fingerprint density at radius 3 is 2.44 bits per heavy atom. The Labute approximate surface area is 104 Å². The van der Waals surface area contributed by atoms with E-state index in [1.807, 2.05) is 6.92 Å². The van der Waals surface area contributed by atoms with Crippen molar-refractivity contribution in [1.82, 2.24) is 0 Å². The molecule has 0 aromatic carbocycles. The number of hydrogen-bond donors (Lipinski definition) is 2. The minimum atomic E-state index is -0.811. The van der Waals surface area contributed by atoms with Crippen molar-refractivity contribution in [1.29, 1.82) is 0 Å². The first-order valence-electron chi connectivity index (χ1n) is 5.27. The van der Waals surface area contributed by atoms with Gasteiger partial charge in [-0.3, -0.25) is 9.59 Å². The van der Waals surface area contributed by atoms with Crippen LogP contribution in [0.25, 0.3) is 0 Å². The zero-order chi connectivity index (χ0) is 12.4. The number of carboxylic acids is 2. The van der Waals surface area contributed by atoms with E-state index in [-0.39, 0.29) is 12.3 Å². The van der Waals surface area contributed by atoms with Gasteiger partial charge in [-0.1, -0.05) is 41.4 Å². The van der Waals surface area contributed by atoms with Gasteiger partial charge < -0.3 is 10.2 Å². The van der Waals surface area contributed by atoms with Crippen molar-refractivity contribution in [2.45, 2.75) is 32.6 Å². The molecule has 0 heterocycles. The first kappa shape index (κ1) is 15.6. The lowest BCUT2D eigenvalue weighted by Crippen LogP contribution is -2.15. The first-order valence-corrected chi connectivity index (χ1v) is 7.75. The topological polar surface area (TPSA) is 74.6 Å². The lowest BCUT2D eigenvalue weighted by molar-refractivity contribution is -0.141. The normalized spacial score (nSPS) is 12.3. The van der Waals surface area contributed by atoms with E-state index in [9.17, 15) is 9.59 Å². The summed E-state index contributed by atoms with van der Waals surface area (Å²) in [5.74, 6) is -0.782. The first-order chi connectivity index (χ1) is 7.57. The van der Waals surface area contributed by atoms with Gasteiger partial charge in [0.05, 0.1) is 12.3 Å². The quantitative estimate of drug-likeness (QED) is 0.468. The van der Waals surface area contributed by atoms with Gasteiger partial charge in [0.15, 0.2) is 0 Å². The van der Waals surface area contributed by atoms with Gasteiger partial charge in [-0.2, -0.15) is 0 Å². The highest BCUT2D eigenvalue weighted by Gasteiger charge is 2.16. The highest BCUT2D eigenvalue weighted by atomic mass is 33.1. The fourth-order valence-corrected chi connectivity index (χ4v) is 3.38. The summed E-state index contributed by atoms with van der Waals surface area (Å²) in [6.45, 7) is 2.04. The molecule has 0 radical (unpaired) electrons.